The van der Waals surface area contributed by atoms with Crippen LogP contribution >= 0.6 is 0 Å². The van der Waals surface area contributed by atoms with Gasteiger partial charge in [-0.25, -0.2) is 41.8 Å². The minimum absolute atomic E-state index is 0. The van der Waals surface area contributed by atoms with Gasteiger partial charge in [0.05, 0.1) is 0 Å². The van der Waals surface area contributed by atoms with Gasteiger partial charge in [-0.05, 0) is 12.8 Å². The van der Waals surface area contributed by atoms with Crippen molar-refractivity contribution >= 4 is 11.8 Å². The Kier molecular flexibility index (Phi) is 15.8. The molecule has 0 bridgehead atoms. The van der Waals surface area contributed by atoms with E-state index < -0.39 is 23.3 Å². The fraction of sp³-hybridized carbons (Fsp3) is 0.368. The van der Waals surface area contributed by atoms with Crippen molar-refractivity contribution in [2.24, 2.45) is 10.8 Å². The quantitative estimate of drug-likeness (QED) is 0.118. The van der Waals surface area contributed by atoms with E-state index in [1.54, 1.807) is 9.80 Å². The Morgan fingerprint density at radius 2 is 0.979 bits per heavy atom. The number of nitrogens with zero attached hydrogens (tertiary/aromatic N) is 2. The third-order valence-electron chi connectivity index (χ3n) is 8.04. The molecule has 248 valence electrons. The van der Waals surface area contributed by atoms with Crippen LogP contribution in [0, 0.1) is 46.2 Å². The van der Waals surface area contributed by atoms with E-state index in [-0.39, 0.29) is 44.4 Å². The summed E-state index contributed by atoms with van der Waals surface area (Å²) in [4.78, 5) is 27.4. The fourth-order valence-electron chi connectivity index (χ4n) is 5.01. The largest absolute Gasteiger partial charge is 4.00 e. The first-order valence-corrected chi connectivity index (χ1v) is 15.4. The van der Waals surface area contributed by atoms with E-state index in [4.69, 9.17) is 0 Å². The minimum atomic E-state index is -0.699. The van der Waals surface area contributed by atoms with Crippen molar-refractivity contribution in [3.63, 3.8) is 0 Å². The van der Waals surface area contributed by atoms with Gasteiger partial charge in [0, 0.05) is 60.3 Å². The molecule has 0 radical (unpaired) electrons. The van der Waals surface area contributed by atoms with Crippen LogP contribution in [0.4, 0.5) is 17.6 Å². The van der Waals surface area contributed by atoms with E-state index in [1.807, 2.05) is 100 Å². The average Bonchev–Trinajstić information content (AvgIpc) is 3.84. The average molecular weight is 683 g/mol. The molecule has 4 aromatic carbocycles. The van der Waals surface area contributed by atoms with Crippen LogP contribution < -0.4 is 0 Å². The number of benzene rings is 2. The molecule has 2 amide bonds. The van der Waals surface area contributed by atoms with Crippen molar-refractivity contribution in [1.82, 2.24) is 9.80 Å². The Hall–Kier alpha value is -3.49. The molecule has 2 heterocycles. The second-order valence-electron chi connectivity index (χ2n) is 12.6. The van der Waals surface area contributed by atoms with E-state index >= 15 is 0 Å². The van der Waals surface area contributed by atoms with Gasteiger partial charge < -0.3 is 9.80 Å². The number of carbonyl (C=O) groups excluding carboxylic acids is 2. The number of likely N-dealkylation sites (tertiary alicyclic amines) is 2. The molecule has 0 unspecified atom stereocenters. The van der Waals surface area contributed by atoms with Crippen molar-refractivity contribution in [1.29, 1.82) is 0 Å². The van der Waals surface area contributed by atoms with Crippen LogP contribution in [0.3, 0.4) is 0 Å². The molecule has 6 rings (SSSR count). The van der Waals surface area contributed by atoms with Crippen LogP contribution in [-0.4, -0.2) is 47.8 Å². The minimum Gasteiger partial charge on any atom is -0.343 e. The molecule has 0 atom stereocenters. The molecule has 0 N–H and O–H groups in total. The monoisotopic (exact) mass is 682 g/mol. The third-order valence-corrected chi connectivity index (χ3v) is 8.04. The van der Waals surface area contributed by atoms with Gasteiger partial charge in [-0.2, -0.15) is 48.5 Å². The third kappa shape index (κ3) is 12.6. The summed E-state index contributed by atoms with van der Waals surface area (Å²) < 4.78 is 52.1. The maximum atomic E-state index is 13.4. The standard InChI is InChI=1S/2C14H16F2NO.2C5H5.Ti/c2*1-14(2)6-8-17(13(14)18)7-5-10-3-4-11(15)9-12(10)16;2*1-2-4-5-3-1;/h2*3-4H,5-8H2,1-2H3;2*1-5H;/q4*-1;+4. The van der Waals surface area contributed by atoms with Crippen molar-refractivity contribution in [3.05, 3.63) is 131 Å². The summed E-state index contributed by atoms with van der Waals surface area (Å²) in [6.07, 6.45) is 2.43. The summed E-state index contributed by atoms with van der Waals surface area (Å²) >= 11 is 0. The second-order valence-corrected chi connectivity index (χ2v) is 12.6. The smallest absolute Gasteiger partial charge is 0.343 e. The van der Waals surface area contributed by atoms with Crippen LogP contribution in [0.2, 0.25) is 0 Å². The molecule has 9 heteroatoms. The molecule has 4 aromatic rings. The molecule has 4 nitrogen and oxygen atoms in total. The van der Waals surface area contributed by atoms with Crippen LogP contribution in [0.25, 0.3) is 0 Å². The molecule has 2 aliphatic heterocycles. The van der Waals surface area contributed by atoms with Gasteiger partial charge in [-0.15, -0.1) is 35.4 Å². The molecular formula is C38H42F4N2O2Ti. The number of carbonyl (C=O) groups is 2. The van der Waals surface area contributed by atoms with Crippen molar-refractivity contribution in [3.8, 4) is 0 Å². The maximum Gasteiger partial charge on any atom is 4.00 e. The number of hydrogen-bond acceptors (Lipinski definition) is 2. The number of rotatable bonds is 6. The van der Waals surface area contributed by atoms with Crippen LogP contribution in [0.15, 0.2) is 84.9 Å². The second kappa shape index (κ2) is 18.7. The molecule has 0 saturated carbocycles. The SMILES string of the molecule is CC1(C)CCN(CCc2ccc(F)[c-]c2F)C1=O.CC1(C)CCN(CCc2ccc(F)[c-]c2F)C1=O.[Ti+4].c1cc[cH-]c1.c1cc[cH-]c1. The summed E-state index contributed by atoms with van der Waals surface area (Å²) in [6, 6.07) is 29.2. The van der Waals surface area contributed by atoms with Gasteiger partial charge in [-0.1, -0.05) is 40.5 Å². The molecule has 2 fully saturated rings. The summed E-state index contributed by atoms with van der Waals surface area (Å²) in [7, 11) is 0. The van der Waals surface area contributed by atoms with Crippen molar-refractivity contribution < 1.29 is 48.9 Å². The molecule has 47 heavy (non-hydrogen) atoms. The molecule has 0 aliphatic carbocycles. The van der Waals surface area contributed by atoms with Gasteiger partial charge in [0.25, 0.3) is 0 Å². The van der Waals surface area contributed by atoms with Crippen LogP contribution in [0.1, 0.15) is 51.7 Å². The molecule has 0 spiro atoms. The number of amides is 2. The zero-order valence-electron chi connectivity index (χ0n) is 27.5. The van der Waals surface area contributed by atoms with Crippen LogP contribution in [0.5, 0.6) is 0 Å². The maximum absolute atomic E-state index is 13.4. The van der Waals surface area contributed by atoms with E-state index in [9.17, 15) is 27.2 Å². The molecule has 2 saturated heterocycles. The Labute approximate surface area is 291 Å². The predicted molar refractivity (Wildman–Crippen MR) is 172 cm³/mol. The normalized spacial score (nSPS) is 15.8. The van der Waals surface area contributed by atoms with Gasteiger partial charge >= 0.3 is 21.7 Å². The van der Waals surface area contributed by atoms with E-state index in [0.717, 1.165) is 12.8 Å². The number of halogens is 4. The summed E-state index contributed by atoms with van der Waals surface area (Å²) in [6.45, 7) is 10.0. The topological polar surface area (TPSA) is 40.6 Å². The first-order valence-electron chi connectivity index (χ1n) is 15.4. The molecule has 2 aliphatic rings. The zero-order valence-corrected chi connectivity index (χ0v) is 29.0. The zero-order chi connectivity index (χ0) is 33.7. The predicted octanol–water partition coefficient (Wildman–Crippen LogP) is 7.94. The summed E-state index contributed by atoms with van der Waals surface area (Å²) in [5.74, 6) is -2.52. The Balaban J connectivity index is 0.000000248. The van der Waals surface area contributed by atoms with Gasteiger partial charge in [0.1, 0.15) is 0 Å². The van der Waals surface area contributed by atoms with Crippen molar-refractivity contribution in [2.75, 3.05) is 26.2 Å². The fourth-order valence-corrected chi connectivity index (χ4v) is 5.01. The molecular weight excluding hydrogens is 640 g/mol. The molecule has 0 aromatic heterocycles. The van der Waals surface area contributed by atoms with E-state index in [1.165, 1.54) is 24.3 Å². The van der Waals surface area contributed by atoms with Crippen molar-refractivity contribution in [2.45, 2.75) is 53.4 Å². The Bertz CT molecular complexity index is 1360. The Morgan fingerprint density at radius 3 is 1.21 bits per heavy atom. The first-order chi connectivity index (χ1) is 21.8. The summed E-state index contributed by atoms with van der Waals surface area (Å²) in [5.41, 5.74) is 0.170. The summed E-state index contributed by atoms with van der Waals surface area (Å²) in [5, 5.41) is 0. The van der Waals surface area contributed by atoms with Gasteiger partial charge in [0.15, 0.2) is 0 Å². The van der Waals surface area contributed by atoms with Gasteiger partial charge in [0.2, 0.25) is 11.8 Å². The first kappa shape index (κ1) is 39.7. The van der Waals surface area contributed by atoms with Gasteiger partial charge in [-0.3, -0.25) is 9.59 Å². The Morgan fingerprint density at radius 1 is 0.638 bits per heavy atom. The van der Waals surface area contributed by atoms with Crippen LogP contribution in [-0.2, 0) is 44.1 Å². The number of hydrogen-bond donors (Lipinski definition) is 0. The van der Waals surface area contributed by atoms with E-state index in [2.05, 4.69) is 0 Å². The van der Waals surface area contributed by atoms with E-state index in [0.29, 0.717) is 50.1 Å².